The van der Waals surface area contributed by atoms with E-state index in [1.807, 2.05) is 13.8 Å². The second-order valence-electron chi connectivity index (χ2n) is 6.04. The van der Waals surface area contributed by atoms with E-state index in [0.29, 0.717) is 11.1 Å². The number of allylic oxidation sites excluding steroid dienone is 3. The van der Waals surface area contributed by atoms with Gasteiger partial charge in [0.1, 0.15) is 17.4 Å². The Morgan fingerprint density at radius 3 is 2.13 bits per heavy atom. The Labute approximate surface area is 178 Å². The van der Waals surface area contributed by atoms with Crippen LogP contribution in [0.2, 0.25) is 0 Å². The lowest BCUT2D eigenvalue weighted by atomic mass is 9.94. The van der Waals surface area contributed by atoms with Gasteiger partial charge in [0.05, 0.1) is 35.6 Å². The van der Waals surface area contributed by atoms with Crippen LogP contribution in [0.4, 0.5) is 17.6 Å². The summed E-state index contributed by atoms with van der Waals surface area (Å²) in [6.45, 7) is 6.90. The largest absolute Gasteiger partial charge is 0.497 e. The van der Waals surface area contributed by atoms with Crippen molar-refractivity contribution in [2.45, 2.75) is 20.3 Å². The normalized spacial score (nSPS) is 13.8. The molecule has 0 spiro atoms. The monoisotopic (exact) mass is 439 g/mol. The van der Waals surface area contributed by atoms with Gasteiger partial charge in [-0.2, -0.15) is 0 Å². The maximum Gasteiger partial charge on any atom is 0.256 e. The molecule has 0 atom stereocenters. The van der Waals surface area contributed by atoms with Crippen molar-refractivity contribution in [3.05, 3.63) is 88.6 Å². The predicted octanol–water partition coefficient (Wildman–Crippen LogP) is 7.09. The molecule has 0 bridgehead atoms. The molecule has 0 saturated carbocycles. The highest BCUT2D eigenvalue weighted by atomic mass is 35.5. The van der Waals surface area contributed by atoms with Crippen LogP contribution in [0.3, 0.4) is 0 Å². The molecule has 0 N–H and O–H groups in total. The van der Waals surface area contributed by atoms with Crippen LogP contribution in [0.25, 0.3) is 11.3 Å². The number of methoxy groups -OCH3 is 1. The van der Waals surface area contributed by atoms with Gasteiger partial charge in [0, 0.05) is 17.7 Å². The van der Waals surface area contributed by atoms with Crippen LogP contribution in [0.15, 0.2) is 65.8 Å². The molecule has 30 heavy (non-hydrogen) atoms. The molecule has 0 aromatic heterocycles. The number of hydrogen-bond donors (Lipinski definition) is 0. The van der Waals surface area contributed by atoms with E-state index in [0.717, 1.165) is 17.0 Å². The number of alkyl halides is 2. The molecule has 0 radical (unpaired) electrons. The van der Waals surface area contributed by atoms with Crippen LogP contribution in [0, 0.1) is 11.6 Å². The molecule has 160 valence electrons. The molecule has 1 aliphatic heterocycles. The third kappa shape index (κ3) is 4.87. The summed E-state index contributed by atoms with van der Waals surface area (Å²) in [4.78, 5) is 1.04. The van der Waals surface area contributed by atoms with Gasteiger partial charge in [-0.3, -0.25) is 0 Å². The summed E-state index contributed by atoms with van der Waals surface area (Å²) in [7, 11) is 1.27. The maximum absolute atomic E-state index is 14.9. The predicted molar refractivity (Wildman–Crippen MR) is 113 cm³/mol. The van der Waals surface area contributed by atoms with Crippen molar-refractivity contribution >= 4 is 22.9 Å². The molecule has 0 unspecified atom stereocenters. The minimum atomic E-state index is -2.78. The number of ether oxygens (including phenoxy) is 1. The third-order valence-corrected chi connectivity index (χ3v) is 4.62. The lowest BCUT2D eigenvalue weighted by molar-refractivity contribution is 0.123. The van der Waals surface area contributed by atoms with Crippen molar-refractivity contribution in [2.24, 2.45) is 0 Å². The second-order valence-corrected chi connectivity index (χ2v) is 6.44. The highest BCUT2D eigenvalue weighted by Crippen LogP contribution is 2.42. The molecule has 1 heterocycles. The average molecular weight is 440 g/mol. The van der Waals surface area contributed by atoms with Crippen molar-refractivity contribution in [1.29, 1.82) is 0 Å². The van der Waals surface area contributed by atoms with Gasteiger partial charge >= 0.3 is 0 Å². The molecule has 1 aliphatic rings. The average Bonchev–Trinajstić information content (AvgIpc) is 2.73. The fourth-order valence-corrected chi connectivity index (χ4v) is 3.24. The zero-order valence-corrected chi connectivity index (χ0v) is 17.6. The summed E-state index contributed by atoms with van der Waals surface area (Å²) in [5.74, 6) is -1.92. The molecule has 0 aliphatic carbocycles. The summed E-state index contributed by atoms with van der Waals surface area (Å²) >= 11 is 6.20. The first-order valence-electron chi connectivity index (χ1n) is 9.28. The molecule has 3 rings (SSSR count). The molecule has 2 aromatic carbocycles. The van der Waals surface area contributed by atoms with Crippen LogP contribution in [0.5, 0.6) is 5.75 Å². The van der Waals surface area contributed by atoms with Crippen LogP contribution in [0.1, 0.15) is 25.0 Å². The smallest absolute Gasteiger partial charge is 0.256 e. The standard InChI is InChI=1S/C21H16ClF4NO.C2H6/c1-12-16(22)10-15(13-6-4-3-5-7-13)21(27(12)11-19(25)26)20-17(23)8-14(28-2)9-18(20)24;1-2/h3-10,19H,1,11H2,2H3;1-2H3. The van der Waals surface area contributed by atoms with E-state index in [-0.39, 0.29) is 22.2 Å². The van der Waals surface area contributed by atoms with Crippen molar-refractivity contribution in [2.75, 3.05) is 13.7 Å². The van der Waals surface area contributed by atoms with Gasteiger partial charge in [-0.05, 0) is 11.6 Å². The van der Waals surface area contributed by atoms with E-state index in [4.69, 9.17) is 16.3 Å². The maximum atomic E-state index is 14.9. The molecule has 2 aromatic rings. The van der Waals surface area contributed by atoms with Crippen LogP contribution in [-0.2, 0) is 0 Å². The SMILES string of the molecule is C=C1C(Cl)=CC(c2ccccc2)=C(c2c(F)cc(OC)cc2F)N1CC(F)F.CC. The van der Waals surface area contributed by atoms with Gasteiger partial charge < -0.3 is 9.64 Å². The van der Waals surface area contributed by atoms with E-state index < -0.39 is 30.2 Å². The van der Waals surface area contributed by atoms with Crippen molar-refractivity contribution in [1.82, 2.24) is 4.90 Å². The molecular formula is C23H22ClF4NO. The van der Waals surface area contributed by atoms with E-state index in [2.05, 4.69) is 6.58 Å². The minimum Gasteiger partial charge on any atom is -0.497 e. The quantitative estimate of drug-likeness (QED) is 0.461. The highest BCUT2D eigenvalue weighted by molar-refractivity contribution is 6.33. The molecule has 0 saturated heterocycles. The highest BCUT2D eigenvalue weighted by Gasteiger charge is 2.31. The van der Waals surface area contributed by atoms with E-state index in [1.165, 1.54) is 13.2 Å². The molecule has 0 amide bonds. The molecule has 0 fully saturated rings. The lowest BCUT2D eigenvalue weighted by Crippen LogP contribution is -2.30. The summed E-state index contributed by atoms with van der Waals surface area (Å²) in [6, 6.07) is 10.6. The first kappa shape index (κ1) is 23.5. The van der Waals surface area contributed by atoms with Crippen molar-refractivity contribution < 1.29 is 22.3 Å². The summed E-state index contributed by atoms with van der Waals surface area (Å²) < 4.78 is 61.2. The molecular weight excluding hydrogens is 418 g/mol. The number of nitrogens with zero attached hydrogens (tertiary/aromatic N) is 1. The Morgan fingerprint density at radius 1 is 1.07 bits per heavy atom. The molecule has 2 nitrogen and oxygen atoms in total. The van der Waals surface area contributed by atoms with Gasteiger partial charge in [-0.15, -0.1) is 0 Å². The van der Waals surface area contributed by atoms with Crippen LogP contribution in [-0.4, -0.2) is 25.0 Å². The zero-order valence-electron chi connectivity index (χ0n) is 16.9. The van der Waals surface area contributed by atoms with Crippen molar-refractivity contribution in [3.8, 4) is 5.75 Å². The van der Waals surface area contributed by atoms with Crippen LogP contribution < -0.4 is 4.74 Å². The molecule has 7 heteroatoms. The minimum absolute atomic E-state index is 0.0239. The number of halogens is 5. The topological polar surface area (TPSA) is 12.5 Å². The van der Waals surface area contributed by atoms with Gasteiger partial charge in [0.2, 0.25) is 0 Å². The zero-order chi connectivity index (χ0) is 22.4. The number of rotatable bonds is 5. The van der Waals surface area contributed by atoms with E-state index in [9.17, 15) is 17.6 Å². The second kappa shape index (κ2) is 10.3. The van der Waals surface area contributed by atoms with E-state index >= 15 is 0 Å². The summed E-state index contributed by atoms with van der Waals surface area (Å²) in [6.07, 6.45) is -1.31. The fourth-order valence-electron chi connectivity index (χ4n) is 3.03. The first-order valence-corrected chi connectivity index (χ1v) is 9.66. The van der Waals surface area contributed by atoms with Gasteiger partial charge in [-0.1, -0.05) is 62.4 Å². The van der Waals surface area contributed by atoms with E-state index in [1.54, 1.807) is 30.3 Å². The Balaban J connectivity index is 0.00000155. The van der Waals surface area contributed by atoms with Gasteiger partial charge in [0.25, 0.3) is 6.43 Å². The van der Waals surface area contributed by atoms with Crippen molar-refractivity contribution in [3.63, 3.8) is 0 Å². The van der Waals surface area contributed by atoms with Gasteiger partial charge in [-0.25, -0.2) is 17.6 Å². The Kier molecular flexibility index (Phi) is 8.12. The Morgan fingerprint density at radius 2 is 1.63 bits per heavy atom. The Bertz CT molecular complexity index is 947. The van der Waals surface area contributed by atoms with Gasteiger partial charge in [0.15, 0.2) is 0 Å². The first-order chi connectivity index (χ1) is 14.3. The lowest BCUT2D eigenvalue weighted by Gasteiger charge is -2.34. The fraction of sp³-hybridized carbons (Fsp3) is 0.217. The summed E-state index contributed by atoms with van der Waals surface area (Å²) in [5, 5.41) is 0.109. The van der Waals surface area contributed by atoms with Crippen LogP contribution >= 0.6 is 11.6 Å². The Hall–Kier alpha value is -2.73. The third-order valence-electron chi connectivity index (χ3n) is 4.29. The summed E-state index contributed by atoms with van der Waals surface area (Å²) in [5.41, 5.74) is 0.380. The number of hydrogen-bond acceptors (Lipinski definition) is 2. The number of benzene rings is 2.